The first-order chi connectivity index (χ1) is 14.0. The predicted molar refractivity (Wildman–Crippen MR) is 106 cm³/mol. The van der Waals surface area contributed by atoms with Crippen LogP contribution in [0.5, 0.6) is 0 Å². The Kier molecular flexibility index (Phi) is 5.44. The van der Waals surface area contributed by atoms with Gasteiger partial charge < -0.3 is 14.9 Å². The Morgan fingerprint density at radius 1 is 1.24 bits per heavy atom. The van der Waals surface area contributed by atoms with E-state index in [1.165, 1.54) is 12.3 Å². The number of nitrogens with one attached hydrogen (secondary N) is 1. The van der Waals surface area contributed by atoms with Crippen molar-refractivity contribution < 1.29 is 14.4 Å². The molecule has 3 atom stereocenters. The lowest BCUT2D eigenvalue weighted by Gasteiger charge is -2.33. The Balaban J connectivity index is 1.57. The molecule has 0 saturated heterocycles. The van der Waals surface area contributed by atoms with Crippen molar-refractivity contribution >= 4 is 5.91 Å². The highest BCUT2D eigenvalue weighted by molar-refractivity contribution is 5.91. The van der Waals surface area contributed by atoms with Crippen LogP contribution < -0.4 is 5.32 Å². The number of nitrogens with zero attached hydrogens (tertiary/aromatic N) is 4. The molecular formula is C21H25N5O3. The molecule has 29 heavy (non-hydrogen) atoms. The van der Waals surface area contributed by atoms with Crippen molar-refractivity contribution in [1.82, 2.24) is 25.2 Å². The molecule has 1 aliphatic rings. The standard InChI is InChI=1S/C21H25N5O3/c1-13(2)26-20(24-19(25-26)14-6-4-3-5-7-14)15-8-9-17(27)16(12-15)23-21(28)18-10-11-22-29-18/h3-7,10-11,13,15-17,27H,8-9,12H2,1-2H3,(H,23,28)/t15-,16+,17+/m0/s1. The van der Waals surface area contributed by atoms with Crippen molar-refractivity contribution in [3.05, 3.63) is 54.2 Å². The van der Waals surface area contributed by atoms with Crippen molar-refractivity contribution in [2.24, 2.45) is 0 Å². The molecule has 8 heteroatoms. The van der Waals surface area contributed by atoms with E-state index < -0.39 is 6.10 Å². The van der Waals surface area contributed by atoms with E-state index in [0.717, 1.165) is 17.8 Å². The van der Waals surface area contributed by atoms with E-state index in [4.69, 9.17) is 14.6 Å². The van der Waals surface area contributed by atoms with Crippen molar-refractivity contribution in [2.45, 2.75) is 57.2 Å². The molecule has 1 amide bonds. The topological polar surface area (TPSA) is 106 Å². The molecule has 2 N–H and O–H groups in total. The van der Waals surface area contributed by atoms with E-state index in [1.54, 1.807) is 0 Å². The van der Waals surface area contributed by atoms with E-state index in [0.29, 0.717) is 18.7 Å². The molecule has 1 aliphatic carbocycles. The molecule has 0 aliphatic heterocycles. The van der Waals surface area contributed by atoms with Gasteiger partial charge in [0.1, 0.15) is 5.82 Å². The predicted octanol–water partition coefficient (Wildman–Crippen LogP) is 2.94. The Hall–Kier alpha value is -3.00. The van der Waals surface area contributed by atoms with Gasteiger partial charge in [-0.3, -0.25) is 4.79 Å². The number of aromatic nitrogens is 4. The first-order valence-corrected chi connectivity index (χ1v) is 9.94. The minimum Gasteiger partial charge on any atom is -0.391 e. The summed E-state index contributed by atoms with van der Waals surface area (Å²) in [5.74, 6) is 1.44. The zero-order valence-electron chi connectivity index (χ0n) is 16.5. The van der Waals surface area contributed by atoms with Crippen LogP contribution in [0, 0.1) is 0 Å². The maximum Gasteiger partial charge on any atom is 0.290 e. The van der Waals surface area contributed by atoms with Crippen molar-refractivity contribution in [3.8, 4) is 11.4 Å². The second-order valence-electron chi connectivity index (χ2n) is 7.73. The van der Waals surface area contributed by atoms with E-state index in [9.17, 15) is 9.90 Å². The van der Waals surface area contributed by atoms with Crippen LogP contribution in [-0.2, 0) is 0 Å². The number of benzene rings is 1. The summed E-state index contributed by atoms with van der Waals surface area (Å²) in [7, 11) is 0. The minimum atomic E-state index is -0.609. The lowest BCUT2D eigenvalue weighted by molar-refractivity contribution is 0.0645. The average molecular weight is 395 g/mol. The van der Waals surface area contributed by atoms with Gasteiger partial charge in [0.25, 0.3) is 5.91 Å². The maximum absolute atomic E-state index is 12.3. The second-order valence-corrected chi connectivity index (χ2v) is 7.73. The smallest absolute Gasteiger partial charge is 0.290 e. The van der Waals surface area contributed by atoms with Crippen LogP contribution in [0.15, 0.2) is 47.1 Å². The van der Waals surface area contributed by atoms with Crippen LogP contribution >= 0.6 is 0 Å². The van der Waals surface area contributed by atoms with Crippen LogP contribution in [0.4, 0.5) is 0 Å². The van der Waals surface area contributed by atoms with Gasteiger partial charge in [-0.15, -0.1) is 0 Å². The van der Waals surface area contributed by atoms with Crippen LogP contribution in [-0.4, -0.2) is 43.1 Å². The molecule has 2 heterocycles. The molecule has 0 spiro atoms. The van der Waals surface area contributed by atoms with Crippen LogP contribution in [0.2, 0.25) is 0 Å². The van der Waals surface area contributed by atoms with E-state index >= 15 is 0 Å². The molecular weight excluding hydrogens is 370 g/mol. The Morgan fingerprint density at radius 3 is 2.72 bits per heavy atom. The molecule has 0 bridgehead atoms. The number of rotatable bonds is 5. The summed E-state index contributed by atoms with van der Waals surface area (Å²) >= 11 is 0. The molecule has 4 rings (SSSR count). The summed E-state index contributed by atoms with van der Waals surface area (Å²) in [6.07, 6.45) is 2.76. The quantitative estimate of drug-likeness (QED) is 0.688. The number of carbonyl (C=O) groups is 1. The molecule has 0 radical (unpaired) electrons. The van der Waals surface area contributed by atoms with E-state index in [1.807, 2.05) is 35.0 Å². The molecule has 8 nitrogen and oxygen atoms in total. The molecule has 152 valence electrons. The van der Waals surface area contributed by atoms with E-state index in [-0.39, 0.29) is 29.7 Å². The Bertz CT molecular complexity index is 952. The van der Waals surface area contributed by atoms with Gasteiger partial charge in [0, 0.05) is 23.6 Å². The van der Waals surface area contributed by atoms with Crippen molar-refractivity contribution in [2.75, 3.05) is 0 Å². The lowest BCUT2D eigenvalue weighted by Crippen LogP contribution is -2.46. The first kappa shape index (κ1) is 19.3. The largest absolute Gasteiger partial charge is 0.391 e. The summed E-state index contributed by atoms with van der Waals surface area (Å²) in [5.41, 5.74) is 0.971. The number of aliphatic hydroxyl groups excluding tert-OH is 1. The Morgan fingerprint density at radius 2 is 2.03 bits per heavy atom. The van der Waals surface area contributed by atoms with Crippen LogP contribution in [0.3, 0.4) is 0 Å². The molecule has 1 fully saturated rings. The number of hydrogen-bond acceptors (Lipinski definition) is 6. The fourth-order valence-electron chi connectivity index (χ4n) is 3.82. The number of hydrogen-bond donors (Lipinski definition) is 2. The molecule has 2 aromatic heterocycles. The fourth-order valence-corrected chi connectivity index (χ4v) is 3.82. The first-order valence-electron chi connectivity index (χ1n) is 9.94. The normalized spacial score (nSPS) is 22.0. The third-order valence-corrected chi connectivity index (χ3v) is 5.34. The average Bonchev–Trinajstić information content (AvgIpc) is 3.41. The summed E-state index contributed by atoms with van der Waals surface area (Å²) in [4.78, 5) is 17.2. The third kappa shape index (κ3) is 4.07. The SMILES string of the molecule is CC(C)n1nc(-c2ccccc2)nc1[C@H]1CC[C@@H](O)[C@H](NC(=O)c2ccno2)C1. The summed E-state index contributed by atoms with van der Waals surface area (Å²) < 4.78 is 6.87. The van der Waals surface area contributed by atoms with Crippen molar-refractivity contribution in [1.29, 1.82) is 0 Å². The Labute approximate surface area is 168 Å². The van der Waals surface area contributed by atoms with Gasteiger partial charge in [0.05, 0.1) is 18.3 Å². The number of carbonyl (C=O) groups excluding carboxylic acids is 1. The van der Waals surface area contributed by atoms with Gasteiger partial charge in [-0.25, -0.2) is 9.67 Å². The number of amides is 1. The zero-order chi connectivity index (χ0) is 20.4. The van der Waals surface area contributed by atoms with Gasteiger partial charge in [0.2, 0.25) is 5.76 Å². The molecule has 3 aromatic rings. The summed E-state index contributed by atoms with van der Waals surface area (Å²) in [5, 5.41) is 21.6. The lowest BCUT2D eigenvalue weighted by atomic mass is 9.83. The van der Waals surface area contributed by atoms with Gasteiger partial charge in [-0.05, 0) is 33.1 Å². The number of aliphatic hydroxyl groups is 1. The minimum absolute atomic E-state index is 0.0887. The van der Waals surface area contributed by atoms with Crippen LogP contribution in [0.1, 0.15) is 61.4 Å². The van der Waals surface area contributed by atoms with Gasteiger partial charge in [-0.1, -0.05) is 35.5 Å². The summed E-state index contributed by atoms with van der Waals surface area (Å²) in [6.45, 7) is 4.15. The highest BCUT2D eigenvalue weighted by Gasteiger charge is 2.34. The van der Waals surface area contributed by atoms with Gasteiger partial charge in [-0.2, -0.15) is 5.10 Å². The van der Waals surface area contributed by atoms with E-state index in [2.05, 4.69) is 24.3 Å². The molecule has 1 saturated carbocycles. The highest BCUT2D eigenvalue weighted by atomic mass is 16.5. The third-order valence-electron chi connectivity index (χ3n) is 5.34. The maximum atomic E-state index is 12.3. The summed E-state index contributed by atoms with van der Waals surface area (Å²) in [6, 6.07) is 11.2. The van der Waals surface area contributed by atoms with Gasteiger partial charge >= 0.3 is 0 Å². The zero-order valence-corrected chi connectivity index (χ0v) is 16.5. The molecule has 1 aromatic carbocycles. The highest BCUT2D eigenvalue weighted by Crippen LogP contribution is 2.34. The molecule has 0 unspecified atom stereocenters. The monoisotopic (exact) mass is 395 g/mol. The van der Waals surface area contributed by atoms with Crippen LogP contribution in [0.25, 0.3) is 11.4 Å². The van der Waals surface area contributed by atoms with Gasteiger partial charge in [0.15, 0.2) is 5.82 Å². The second kappa shape index (κ2) is 8.16. The van der Waals surface area contributed by atoms with Crippen molar-refractivity contribution in [3.63, 3.8) is 0 Å². The fraction of sp³-hybridized carbons (Fsp3) is 0.429.